The molecule has 0 spiro atoms. The summed E-state index contributed by atoms with van der Waals surface area (Å²) >= 11 is 3.57. The number of hydrogen-bond donors (Lipinski definition) is 1. The van der Waals surface area contributed by atoms with Crippen molar-refractivity contribution >= 4 is 38.4 Å². The van der Waals surface area contributed by atoms with Crippen molar-refractivity contribution in [1.82, 2.24) is 15.0 Å². The second-order valence-corrected chi connectivity index (χ2v) is 8.82. The number of carbonyl (C=O) groups is 1. The molecule has 0 atom stereocenters. The summed E-state index contributed by atoms with van der Waals surface area (Å²) in [5.41, 5.74) is 3.79. The number of anilines is 1. The van der Waals surface area contributed by atoms with Gasteiger partial charge in [0.1, 0.15) is 0 Å². The van der Waals surface area contributed by atoms with Crippen molar-refractivity contribution < 1.29 is 9.32 Å². The van der Waals surface area contributed by atoms with Gasteiger partial charge in [-0.1, -0.05) is 21.1 Å². The lowest BCUT2D eigenvalue weighted by atomic mass is 9.93. The Balaban J connectivity index is 1.68. The van der Waals surface area contributed by atoms with E-state index in [-0.39, 0.29) is 11.9 Å². The van der Waals surface area contributed by atoms with E-state index in [4.69, 9.17) is 4.52 Å². The van der Waals surface area contributed by atoms with Gasteiger partial charge in [-0.3, -0.25) is 9.78 Å². The number of halogens is 1. The van der Waals surface area contributed by atoms with Gasteiger partial charge >= 0.3 is 0 Å². The van der Waals surface area contributed by atoms with E-state index >= 15 is 0 Å². The molecule has 1 amide bonds. The number of aromatic nitrogens is 2. The Morgan fingerprint density at radius 1 is 1.28 bits per heavy atom. The van der Waals surface area contributed by atoms with Crippen LogP contribution in [0, 0.1) is 0 Å². The fourth-order valence-electron chi connectivity index (χ4n) is 3.89. The quantitative estimate of drug-likeness (QED) is 0.583. The Hall–Kier alpha value is -2.41. The molecule has 1 saturated heterocycles. The minimum Gasteiger partial charge on any atom is -0.382 e. The van der Waals surface area contributed by atoms with Crippen molar-refractivity contribution in [2.45, 2.75) is 45.6 Å². The van der Waals surface area contributed by atoms with E-state index in [0.29, 0.717) is 11.7 Å². The SMILES string of the molecule is CC(=O)N1CCC(c2cc(-c3cnc4ccc(Br)cc4c3NC(C)C)on2)CC1. The lowest BCUT2D eigenvalue weighted by molar-refractivity contribution is -0.129. The third-order valence-electron chi connectivity index (χ3n) is 5.42. The third kappa shape index (κ3) is 4.15. The fraction of sp³-hybridized carbons (Fsp3) is 0.409. The molecular formula is C22H25BrN4O2. The molecule has 1 fully saturated rings. The van der Waals surface area contributed by atoms with Crippen LogP contribution in [0.5, 0.6) is 0 Å². The number of pyridine rings is 1. The minimum atomic E-state index is 0.141. The predicted molar refractivity (Wildman–Crippen MR) is 118 cm³/mol. The molecular weight excluding hydrogens is 432 g/mol. The lowest BCUT2D eigenvalue weighted by Gasteiger charge is -2.30. The van der Waals surface area contributed by atoms with Crippen LogP contribution >= 0.6 is 15.9 Å². The summed E-state index contributed by atoms with van der Waals surface area (Å²) < 4.78 is 6.76. The van der Waals surface area contributed by atoms with E-state index < -0.39 is 0 Å². The van der Waals surface area contributed by atoms with Crippen LogP contribution in [0.25, 0.3) is 22.2 Å². The number of nitrogens with zero attached hydrogens (tertiary/aromatic N) is 3. The molecule has 2 aromatic heterocycles. The van der Waals surface area contributed by atoms with Gasteiger partial charge in [-0.25, -0.2) is 0 Å². The van der Waals surface area contributed by atoms with Crippen LogP contribution < -0.4 is 5.32 Å². The molecule has 7 heteroatoms. The molecule has 3 aromatic rings. The Morgan fingerprint density at radius 3 is 2.72 bits per heavy atom. The van der Waals surface area contributed by atoms with Gasteiger partial charge < -0.3 is 14.7 Å². The summed E-state index contributed by atoms with van der Waals surface area (Å²) in [5, 5.41) is 8.96. The third-order valence-corrected chi connectivity index (χ3v) is 5.91. The normalized spacial score (nSPS) is 15.3. The molecule has 0 radical (unpaired) electrons. The summed E-state index contributed by atoms with van der Waals surface area (Å²) in [6.07, 6.45) is 3.67. The first kappa shape index (κ1) is 19.9. The predicted octanol–water partition coefficient (Wildman–Crippen LogP) is 5.20. The van der Waals surface area contributed by atoms with Gasteiger partial charge in [0.2, 0.25) is 5.91 Å². The fourth-order valence-corrected chi connectivity index (χ4v) is 4.26. The van der Waals surface area contributed by atoms with Gasteiger partial charge in [0.15, 0.2) is 5.76 Å². The first-order valence-electron chi connectivity index (χ1n) is 9.99. The molecule has 0 unspecified atom stereocenters. The van der Waals surface area contributed by atoms with Crippen LogP contribution in [-0.4, -0.2) is 40.1 Å². The second-order valence-electron chi connectivity index (χ2n) is 7.90. The molecule has 4 rings (SSSR count). The van der Waals surface area contributed by atoms with E-state index in [1.54, 1.807) is 6.92 Å². The van der Waals surface area contributed by atoms with Gasteiger partial charge in [0, 0.05) is 54.1 Å². The number of amides is 1. The largest absolute Gasteiger partial charge is 0.382 e. The highest BCUT2D eigenvalue weighted by atomic mass is 79.9. The number of rotatable bonds is 4. The van der Waals surface area contributed by atoms with Crippen molar-refractivity contribution in [3.63, 3.8) is 0 Å². The molecule has 152 valence electrons. The van der Waals surface area contributed by atoms with Crippen LogP contribution in [0.1, 0.15) is 45.2 Å². The lowest BCUT2D eigenvalue weighted by Crippen LogP contribution is -2.36. The van der Waals surface area contributed by atoms with E-state index in [1.165, 1.54) is 0 Å². The number of fused-ring (bicyclic) bond motifs is 1. The summed E-state index contributed by atoms with van der Waals surface area (Å²) in [5.74, 6) is 1.17. The first-order valence-corrected chi connectivity index (χ1v) is 10.8. The zero-order valence-electron chi connectivity index (χ0n) is 16.9. The molecule has 1 aromatic carbocycles. The Labute approximate surface area is 178 Å². The highest BCUT2D eigenvalue weighted by molar-refractivity contribution is 9.10. The molecule has 1 aliphatic heterocycles. The van der Waals surface area contributed by atoms with E-state index in [1.807, 2.05) is 29.3 Å². The van der Waals surface area contributed by atoms with Gasteiger partial charge in [-0.15, -0.1) is 0 Å². The average molecular weight is 457 g/mol. The molecule has 29 heavy (non-hydrogen) atoms. The molecule has 6 nitrogen and oxygen atoms in total. The number of likely N-dealkylation sites (tertiary alicyclic amines) is 1. The maximum Gasteiger partial charge on any atom is 0.219 e. The van der Waals surface area contributed by atoms with Crippen molar-refractivity contribution in [1.29, 1.82) is 0 Å². The summed E-state index contributed by atoms with van der Waals surface area (Å²) in [6, 6.07) is 8.36. The van der Waals surface area contributed by atoms with Crippen LogP contribution in [0.4, 0.5) is 5.69 Å². The van der Waals surface area contributed by atoms with Crippen molar-refractivity contribution in [2.24, 2.45) is 0 Å². The van der Waals surface area contributed by atoms with Crippen LogP contribution in [-0.2, 0) is 4.79 Å². The zero-order chi connectivity index (χ0) is 20.5. The Bertz CT molecular complexity index is 1040. The average Bonchev–Trinajstić information content (AvgIpc) is 3.18. The molecule has 1 N–H and O–H groups in total. The topological polar surface area (TPSA) is 71.3 Å². The maximum atomic E-state index is 11.6. The molecule has 3 heterocycles. The van der Waals surface area contributed by atoms with Crippen molar-refractivity contribution in [3.05, 3.63) is 40.6 Å². The monoisotopic (exact) mass is 456 g/mol. The summed E-state index contributed by atoms with van der Waals surface area (Å²) in [4.78, 5) is 18.1. The summed E-state index contributed by atoms with van der Waals surface area (Å²) in [7, 11) is 0. The highest BCUT2D eigenvalue weighted by Crippen LogP contribution is 2.37. The van der Waals surface area contributed by atoms with Gasteiger partial charge in [0.05, 0.1) is 22.5 Å². The summed E-state index contributed by atoms with van der Waals surface area (Å²) in [6.45, 7) is 7.40. The van der Waals surface area contributed by atoms with Crippen LogP contribution in [0.2, 0.25) is 0 Å². The minimum absolute atomic E-state index is 0.141. The molecule has 0 bridgehead atoms. The molecule has 0 saturated carbocycles. The van der Waals surface area contributed by atoms with Crippen LogP contribution in [0.15, 0.2) is 39.5 Å². The number of carbonyl (C=O) groups excluding carboxylic acids is 1. The molecule has 0 aliphatic carbocycles. The van der Waals surface area contributed by atoms with Gasteiger partial charge in [0.25, 0.3) is 0 Å². The van der Waals surface area contributed by atoms with Crippen molar-refractivity contribution in [3.8, 4) is 11.3 Å². The number of nitrogens with one attached hydrogen (secondary N) is 1. The zero-order valence-corrected chi connectivity index (χ0v) is 18.5. The van der Waals surface area contributed by atoms with Gasteiger partial charge in [-0.05, 0) is 44.9 Å². The first-order chi connectivity index (χ1) is 13.9. The Kier molecular flexibility index (Phi) is 5.58. The van der Waals surface area contributed by atoms with E-state index in [2.05, 4.69) is 51.3 Å². The maximum absolute atomic E-state index is 11.6. The van der Waals surface area contributed by atoms with Gasteiger partial charge in [-0.2, -0.15) is 0 Å². The second kappa shape index (κ2) is 8.14. The number of benzene rings is 1. The van der Waals surface area contributed by atoms with Crippen LogP contribution in [0.3, 0.4) is 0 Å². The van der Waals surface area contributed by atoms with Crippen molar-refractivity contribution in [2.75, 3.05) is 18.4 Å². The van der Waals surface area contributed by atoms with E-state index in [9.17, 15) is 4.79 Å². The Morgan fingerprint density at radius 2 is 2.03 bits per heavy atom. The highest BCUT2D eigenvalue weighted by Gasteiger charge is 2.25. The number of hydrogen-bond acceptors (Lipinski definition) is 5. The standard InChI is InChI=1S/C22H25BrN4O2/c1-13(2)25-22-17-10-16(23)4-5-19(17)24-12-18(22)21-11-20(26-29-21)15-6-8-27(9-7-15)14(3)28/h4-5,10-13,15H,6-9H2,1-3H3,(H,24,25). The number of piperidine rings is 1. The molecule has 1 aliphatic rings. The smallest absolute Gasteiger partial charge is 0.219 e. The van der Waals surface area contributed by atoms with E-state index in [0.717, 1.165) is 58.3 Å².